The van der Waals surface area contributed by atoms with Crippen molar-refractivity contribution in [1.82, 2.24) is 9.55 Å². The molecule has 0 amide bonds. The Morgan fingerprint density at radius 1 is 1.30 bits per heavy atom. The number of nitrogens with zero attached hydrogens (tertiary/aromatic N) is 2. The number of nitrogen functional groups attached to an aromatic ring is 1. The normalized spacial score (nSPS) is 21.3. The fraction of sp³-hybridized carbons (Fsp3) is 0.529. The quantitative estimate of drug-likeness (QED) is 0.818. The number of hydrogen-bond acceptors (Lipinski definition) is 5. The van der Waals surface area contributed by atoms with Crippen molar-refractivity contribution in [2.45, 2.75) is 38.4 Å². The molecule has 122 valence electrons. The van der Waals surface area contributed by atoms with Gasteiger partial charge in [0.1, 0.15) is 5.82 Å². The average Bonchev–Trinajstić information content (AvgIpc) is 3.11. The molecule has 23 heavy (non-hydrogen) atoms. The Kier molecular flexibility index (Phi) is 3.39. The molecule has 1 saturated carbocycles. The maximum atomic E-state index is 13.0. The molecule has 6 heteroatoms. The number of rotatable bonds is 1. The molecule has 1 aromatic carbocycles. The first-order chi connectivity index (χ1) is 11.1. The van der Waals surface area contributed by atoms with Crippen molar-refractivity contribution in [3.63, 3.8) is 0 Å². The van der Waals surface area contributed by atoms with E-state index in [1.165, 1.54) is 0 Å². The molecule has 2 heterocycles. The molecule has 1 saturated heterocycles. The molecule has 1 aliphatic heterocycles. The largest absolute Gasteiger partial charge is 0.399 e. The van der Waals surface area contributed by atoms with Gasteiger partial charge in [-0.15, -0.1) is 0 Å². The van der Waals surface area contributed by atoms with Gasteiger partial charge in [0.2, 0.25) is 5.91 Å². The number of nitrogens with two attached hydrogens (primary N) is 1. The van der Waals surface area contributed by atoms with Crippen molar-refractivity contribution in [1.29, 1.82) is 0 Å². The highest BCUT2D eigenvalue weighted by atomic mass is 16.7. The van der Waals surface area contributed by atoms with Crippen LogP contribution in [0.25, 0.3) is 11.0 Å². The minimum Gasteiger partial charge on any atom is -0.399 e. The van der Waals surface area contributed by atoms with Crippen LogP contribution in [0.4, 0.5) is 5.69 Å². The third kappa shape index (κ3) is 2.42. The lowest BCUT2D eigenvalue weighted by atomic mass is 9.84. The predicted octanol–water partition coefficient (Wildman–Crippen LogP) is 2.50. The van der Waals surface area contributed by atoms with E-state index >= 15 is 0 Å². The lowest BCUT2D eigenvalue weighted by Gasteiger charge is -2.34. The first kappa shape index (κ1) is 14.7. The van der Waals surface area contributed by atoms with Gasteiger partial charge in [-0.25, -0.2) is 4.98 Å². The molecule has 0 atom stereocenters. The first-order valence-electron chi connectivity index (χ1n) is 8.15. The Balaban J connectivity index is 1.59. The van der Waals surface area contributed by atoms with E-state index < -0.39 is 5.79 Å². The highest BCUT2D eigenvalue weighted by Crippen LogP contribution is 2.39. The number of aromatic nitrogens is 2. The maximum Gasteiger partial charge on any atom is 0.235 e. The maximum absolute atomic E-state index is 13.0. The second kappa shape index (κ2) is 5.32. The lowest BCUT2D eigenvalue weighted by Crippen LogP contribution is -2.38. The van der Waals surface area contributed by atoms with Crippen LogP contribution in [0, 0.1) is 12.8 Å². The van der Waals surface area contributed by atoms with Gasteiger partial charge in [0.15, 0.2) is 5.79 Å². The van der Waals surface area contributed by atoms with Crippen molar-refractivity contribution >= 4 is 22.6 Å². The molecule has 2 aromatic rings. The first-order valence-corrected chi connectivity index (χ1v) is 8.15. The highest BCUT2D eigenvalue weighted by Gasteiger charge is 2.42. The number of benzene rings is 1. The Bertz CT molecular complexity index is 752. The Morgan fingerprint density at radius 3 is 2.70 bits per heavy atom. The van der Waals surface area contributed by atoms with Crippen molar-refractivity contribution < 1.29 is 14.3 Å². The number of carbonyl (C=O) groups excluding carboxylic acids is 1. The summed E-state index contributed by atoms with van der Waals surface area (Å²) in [5.74, 6) is 0.381. The van der Waals surface area contributed by atoms with Gasteiger partial charge in [0, 0.05) is 24.4 Å². The van der Waals surface area contributed by atoms with Gasteiger partial charge in [0.25, 0.3) is 0 Å². The topological polar surface area (TPSA) is 79.4 Å². The predicted molar refractivity (Wildman–Crippen MR) is 86.1 cm³/mol. The molecular formula is C17H21N3O3. The van der Waals surface area contributed by atoms with Crippen molar-refractivity contribution in [2.75, 3.05) is 18.9 Å². The molecule has 1 aliphatic carbocycles. The fourth-order valence-corrected chi connectivity index (χ4v) is 3.77. The SMILES string of the molecule is Cc1nc2cc(N)ccc2n1C(=O)C1CCC2(CC1)OCCO2. The van der Waals surface area contributed by atoms with Gasteiger partial charge in [-0.2, -0.15) is 0 Å². The molecule has 1 aromatic heterocycles. The second-order valence-corrected chi connectivity index (χ2v) is 6.46. The Hall–Kier alpha value is -1.92. The summed E-state index contributed by atoms with van der Waals surface area (Å²) in [6.45, 7) is 3.18. The van der Waals surface area contributed by atoms with Crippen LogP contribution < -0.4 is 5.73 Å². The van der Waals surface area contributed by atoms with Crippen LogP contribution in [0.1, 0.15) is 36.3 Å². The van der Waals surface area contributed by atoms with Gasteiger partial charge in [-0.1, -0.05) is 0 Å². The number of hydrogen-bond donors (Lipinski definition) is 1. The average molecular weight is 315 g/mol. The molecule has 6 nitrogen and oxygen atoms in total. The molecule has 0 unspecified atom stereocenters. The van der Waals surface area contributed by atoms with Crippen LogP contribution in [-0.4, -0.2) is 34.5 Å². The van der Waals surface area contributed by atoms with Crippen LogP contribution in [0.3, 0.4) is 0 Å². The highest BCUT2D eigenvalue weighted by molar-refractivity contribution is 5.93. The summed E-state index contributed by atoms with van der Waals surface area (Å²) < 4.78 is 13.2. The minimum atomic E-state index is -0.433. The summed E-state index contributed by atoms with van der Waals surface area (Å²) in [5.41, 5.74) is 8.06. The van der Waals surface area contributed by atoms with E-state index in [0.717, 1.165) is 36.7 Å². The van der Waals surface area contributed by atoms with Gasteiger partial charge in [-0.3, -0.25) is 9.36 Å². The summed E-state index contributed by atoms with van der Waals surface area (Å²) in [6, 6.07) is 5.49. The van der Waals surface area contributed by atoms with Crippen molar-refractivity contribution in [2.24, 2.45) is 5.92 Å². The van der Waals surface area contributed by atoms with E-state index in [1.54, 1.807) is 4.57 Å². The molecule has 2 fully saturated rings. The molecular weight excluding hydrogens is 294 g/mol. The number of fused-ring (bicyclic) bond motifs is 1. The number of ether oxygens (including phenoxy) is 2. The van der Waals surface area contributed by atoms with Crippen molar-refractivity contribution in [3.05, 3.63) is 24.0 Å². The molecule has 2 aliphatic rings. The monoisotopic (exact) mass is 315 g/mol. The zero-order valence-corrected chi connectivity index (χ0v) is 13.2. The lowest BCUT2D eigenvalue weighted by molar-refractivity contribution is -0.180. The number of aryl methyl sites for hydroxylation is 1. The van der Waals surface area contributed by atoms with E-state index in [2.05, 4.69) is 4.98 Å². The molecule has 4 rings (SSSR count). The zero-order chi connectivity index (χ0) is 16.0. The van der Waals surface area contributed by atoms with Crippen LogP contribution in [0.5, 0.6) is 0 Å². The number of carbonyl (C=O) groups is 1. The van der Waals surface area contributed by atoms with Crippen LogP contribution in [-0.2, 0) is 9.47 Å². The third-order valence-corrected chi connectivity index (χ3v) is 4.98. The summed E-state index contributed by atoms with van der Waals surface area (Å²) in [5, 5.41) is 0. The van der Waals surface area contributed by atoms with Gasteiger partial charge in [-0.05, 0) is 38.0 Å². The summed E-state index contributed by atoms with van der Waals surface area (Å²) in [4.78, 5) is 17.5. The molecule has 2 N–H and O–H groups in total. The number of anilines is 1. The van der Waals surface area contributed by atoms with E-state index in [9.17, 15) is 4.79 Å². The number of imidazole rings is 1. The second-order valence-electron chi connectivity index (χ2n) is 6.46. The van der Waals surface area contributed by atoms with Crippen LogP contribution >= 0.6 is 0 Å². The van der Waals surface area contributed by atoms with E-state index in [0.29, 0.717) is 24.7 Å². The Morgan fingerprint density at radius 2 is 2.00 bits per heavy atom. The molecule has 0 bridgehead atoms. The van der Waals surface area contributed by atoms with E-state index in [-0.39, 0.29) is 11.8 Å². The summed E-state index contributed by atoms with van der Waals surface area (Å²) in [7, 11) is 0. The van der Waals surface area contributed by atoms with Crippen LogP contribution in [0.15, 0.2) is 18.2 Å². The smallest absolute Gasteiger partial charge is 0.235 e. The summed E-state index contributed by atoms with van der Waals surface area (Å²) in [6.07, 6.45) is 3.13. The third-order valence-electron chi connectivity index (χ3n) is 4.98. The van der Waals surface area contributed by atoms with E-state index in [4.69, 9.17) is 15.2 Å². The van der Waals surface area contributed by atoms with Gasteiger partial charge in [0.05, 0.1) is 24.2 Å². The summed E-state index contributed by atoms with van der Waals surface area (Å²) >= 11 is 0. The Labute approximate surface area is 134 Å². The zero-order valence-electron chi connectivity index (χ0n) is 13.2. The van der Waals surface area contributed by atoms with Gasteiger partial charge >= 0.3 is 0 Å². The van der Waals surface area contributed by atoms with Gasteiger partial charge < -0.3 is 15.2 Å². The standard InChI is InChI=1S/C17H21N3O3/c1-11-19-14-10-13(18)2-3-15(14)20(11)16(21)12-4-6-17(7-5-12)22-8-9-23-17/h2-3,10,12H,4-9,18H2,1H3. The van der Waals surface area contributed by atoms with Crippen molar-refractivity contribution in [3.8, 4) is 0 Å². The molecule has 1 spiro atoms. The van der Waals surface area contributed by atoms with Crippen LogP contribution in [0.2, 0.25) is 0 Å². The minimum absolute atomic E-state index is 0.0120. The molecule has 0 radical (unpaired) electrons. The van der Waals surface area contributed by atoms with E-state index in [1.807, 2.05) is 25.1 Å². The fourth-order valence-electron chi connectivity index (χ4n) is 3.77.